The molecule has 0 radical (unpaired) electrons. The number of fused-ring (bicyclic) bond motifs is 1. The zero-order valence-electron chi connectivity index (χ0n) is 9.77. The van der Waals surface area contributed by atoms with E-state index in [9.17, 15) is 5.11 Å². The number of nitrogens with zero attached hydrogens (tertiary/aromatic N) is 4. The molecule has 2 aromatic rings. The SMILES string of the molecule is Nc1nc(I)nc2c1ncn2[C@H]1C[C@@H](O)[C@H](CO)O1. The first-order valence-electron chi connectivity index (χ1n) is 5.70. The van der Waals surface area contributed by atoms with Crippen LogP contribution in [-0.4, -0.2) is 48.5 Å². The molecule has 1 fully saturated rings. The summed E-state index contributed by atoms with van der Waals surface area (Å²) in [5.74, 6) is 0.311. The molecule has 0 bridgehead atoms. The molecule has 0 aliphatic carbocycles. The molecular weight excluding hydrogens is 365 g/mol. The number of imidazole rings is 1. The van der Waals surface area contributed by atoms with Crippen LogP contribution < -0.4 is 5.73 Å². The molecule has 1 saturated heterocycles. The average Bonchev–Trinajstić information content (AvgIpc) is 2.92. The Labute approximate surface area is 121 Å². The number of rotatable bonds is 2. The lowest BCUT2D eigenvalue weighted by atomic mass is 10.2. The van der Waals surface area contributed by atoms with Crippen LogP contribution in [0.3, 0.4) is 0 Å². The Bertz CT molecular complexity index is 618. The zero-order chi connectivity index (χ0) is 13.6. The Morgan fingerprint density at radius 1 is 1.53 bits per heavy atom. The third-order valence-electron chi connectivity index (χ3n) is 3.12. The van der Waals surface area contributed by atoms with Gasteiger partial charge in [0.2, 0.25) is 0 Å². The van der Waals surface area contributed by atoms with E-state index < -0.39 is 18.4 Å². The van der Waals surface area contributed by atoms with Gasteiger partial charge in [0.15, 0.2) is 15.3 Å². The number of ether oxygens (including phenoxy) is 1. The maximum atomic E-state index is 9.76. The second kappa shape index (κ2) is 4.81. The number of aliphatic hydroxyl groups is 2. The molecule has 3 atom stereocenters. The van der Waals surface area contributed by atoms with Gasteiger partial charge in [0.1, 0.15) is 17.8 Å². The third-order valence-corrected chi connectivity index (χ3v) is 3.60. The predicted octanol–water partition coefficient (Wildman–Crippen LogP) is -0.346. The maximum absolute atomic E-state index is 9.76. The van der Waals surface area contributed by atoms with E-state index in [1.165, 1.54) is 0 Å². The maximum Gasteiger partial charge on any atom is 0.194 e. The monoisotopic (exact) mass is 377 g/mol. The van der Waals surface area contributed by atoms with Gasteiger partial charge in [-0.3, -0.25) is 4.57 Å². The quantitative estimate of drug-likeness (QED) is 0.484. The summed E-state index contributed by atoms with van der Waals surface area (Å²) < 4.78 is 7.79. The number of hydrogen-bond donors (Lipinski definition) is 3. The number of nitrogens with two attached hydrogens (primary N) is 1. The van der Waals surface area contributed by atoms with Gasteiger partial charge in [-0.2, -0.15) is 0 Å². The van der Waals surface area contributed by atoms with Crippen LogP contribution in [0.1, 0.15) is 12.6 Å². The normalized spacial score (nSPS) is 27.2. The van der Waals surface area contributed by atoms with Crippen molar-refractivity contribution in [1.29, 1.82) is 0 Å². The minimum absolute atomic E-state index is 0.223. The fraction of sp³-hybridized carbons (Fsp3) is 0.500. The molecule has 0 unspecified atom stereocenters. The van der Waals surface area contributed by atoms with E-state index in [-0.39, 0.29) is 6.61 Å². The van der Waals surface area contributed by atoms with Gasteiger partial charge >= 0.3 is 0 Å². The lowest BCUT2D eigenvalue weighted by molar-refractivity contribution is -0.0432. The molecule has 3 rings (SSSR count). The summed E-state index contributed by atoms with van der Waals surface area (Å²) in [6.45, 7) is -0.223. The van der Waals surface area contributed by atoms with Crippen molar-refractivity contribution in [3.05, 3.63) is 10.2 Å². The van der Waals surface area contributed by atoms with Gasteiger partial charge in [0.25, 0.3) is 0 Å². The summed E-state index contributed by atoms with van der Waals surface area (Å²) in [5.41, 5.74) is 6.86. The summed E-state index contributed by atoms with van der Waals surface area (Å²) in [6.07, 6.45) is 0.230. The molecule has 8 nitrogen and oxygen atoms in total. The Kier molecular flexibility index (Phi) is 3.28. The van der Waals surface area contributed by atoms with Crippen LogP contribution in [0.4, 0.5) is 5.82 Å². The Hall–Kier alpha value is -1.04. The van der Waals surface area contributed by atoms with Crippen LogP contribution in [0.5, 0.6) is 0 Å². The molecule has 19 heavy (non-hydrogen) atoms. The molecule has 0 aromatic carbocycles. The molecule has 0 spiro atoms. The predicted molar refractivity (Wildman–Crippen MR) is 74.1 cm³/mol. The van der Waals surface area contributed by atoms with Gasteiger partial charge < -0.3 is 20.7 Å². The first-order valence-corrected chi connectivity index (χ1v) is 6.78. The highest BCUT2D eigenvalue weighted by atomic mass is 127. The Morgan fingerprint density at radius 3 is 3.00 bits per heavy atom. The molecular formula is C10H12IN5O3. The topological polar surface area (TPSA) is 119 Å². The van der Waals surface area contributed by atoms with Crippen molar-refractivity contribution in [1.82, 2.24) is 19.5 Å². The van der Waals surface area contributed by atoms with Gasteiger partial charge in [-0.1, -0.05) is 0 Å². The van der Waals surface area contributed by atoms with Crippen LogP contribution in [-0.2, 0) is 4.74 Å². The van der Waals surface area contributed by atoms with Gasteiger partial charge in [0, 0.05) is 29.0 Å². The van der Waals surface area contributed by atoms with Crippen LogP contribution in [0.2, 0.25) is 0 Å². The molecule has 4 N–H and O–H groups in total. The van der Waals surface area contributed by atoms with Crippen molar-refractivity contribution in [2.45, 2.75) is 24.9 Å². The average molecular weight is 377 g/mol. The van der Waals surface area contributed by atoms with E-state index in [0.717, 1.165) is 0 Å². The summed E-state index contributed by atoms with van der Waals surface area (Å²) >= 11 is 1.97. The van der Waals surface area contributed by atoms with E-state index in [1.807, 2.05) is 22.6 Å². The first kappa shape index (κ1) is 13.0. The van der Waals surface area contributed by atoms with Crippen molar-refractivity contribution >= 4 is 39.6 Å². The fourth-order valence-corrected chi connectivity index (χ4v) is 2.66. The second-order valence-electron chi connectivity index (χ2n) is 4.32. The highest BCUT2D eigenvalue weighted by Crippen LogP contribution is 2.31. The van der Waals surface area contributed by atoms with Gasteiger partial charge in [-0.05, 0) is 0 Å². The largest absolute Gasteiger partial charge is 0.394 e. The minimum Gasteiger partial charge on any atom is -0.394 e. The van der Waals surface area contributed by atoms with Crippen LogP contribution in [0.15, 0.2) is 6.33 Å². The Morgan fingerprint density at radius 2 is 2.32 bits per heavy atom. The lowest BCUT2D eigenvalue weighted by Gasteiger charge is -2.13. The standard InChI is InChI=1S/C10H12IN5O3/c11-10-14-8(12)7-9(15-10)16(3-13-7)6-1-4(18)5(2-17)19-6/h3-6,17-18H,1-2H2,(H2,12,14,15)/t4-,5+,6-/m1/s1. The van der Waals surface area contributed by atoms with Crippen molar-refractivity contribution in [3.63, 3.8) is 0 Å². The third kappa shape index (κ3) is 2.16. The van der Waals surface area contributed by atoms with Crippen LogP contribution in [0.25, 0.3) is 11.2 Å². The highest BCUT2D eigenvalue weighted by molar-refractivity contribution is 14.1. The number of aromatic nitrogens is 4. The molecule has 1 aliphatic rings. The summed E-state index contributed by atoms with van der Waals surface area (Å²) in [6, 6.07) is 0. The van der Waals surface area contributed by atoms with E-state index in [0.29, 0.717) is 27.2 Å². The lowest BCUT2D eigenvalue weighted by Crippen LogP contribution is -2.24. The summed E-state index contributed by atoms with van der Waals surface area (Å²) in [7, 11) is 0. The number of nitrogen functional groups attached to an aromatic ring is 1. The molecule has 1 aliphatic heterocycles. The zero-order valence-corrected chi connectivity index (χ0v) is 11.9. The molecule has 102 valence electrons. The number of aliphatic hydroxyl groups excluding tert-OH is 2. The van der Waals surface area contributed by atoms with E-state index in [4.69, 9.17) is 15.6 Å². The van der Waals surface area contributed by atoms with Crippen LogP contribution >= 0.6 is 22.6 Å². The summed E-state index contributed by atoms with van der Waals surface area (Å²) in [4.78, 5) is 12.5. The van der Waals surface area contributed by atoms with Crippen molar-refractivity contribution in [3.8, 4) is 0 Å². The van der Waals surface area contributed by atoms with Crippen molar-refractivity contribution in [2.75, 3.05) is 12.3 Å². The molecule has 0 amide bonds. The Balaban J connectivity index is 2.02. The van der Waals surface area contributed by atoms with E-state index >= 15 is 0 Å². The van der Waals surface area contributed by atoms with Crippen molar-refractivity contribution < 1.29 is 14.9 Å². The van der Waals surface area contributed by atoms with E-state index in [2.05, 4.69) is 15.0 Å². The molecule has 9 heteroatoms. The van der Waals surface area contributed by atoms with Gasteiger partial charge in [-0.25, -0.2) is 15.0 Å². The first-order chi connectivity index (χ1) is 9.10. The highest BCUT2D eigenvalue weighted by Gasteiger charge is 2.35. The second-order valence-corrected chi connectivity index (χ2v) is 5.28. The van der Waals surface area contributed by atoms with Crippen LogP contribution in [0, 0.1) is 3.83 Å². The molecule has 0 saturated carbocycles. The minimum atomic E-state index is -0.703. The van der Waals surface area contributed by atoms with Gasteiger partial charge in [-0.15, -0.1) is 0 Å². The fourth-order valence-electron chi connectivity index (χ4n) is 2.17. The van der Waals surface area contributed by atoms with E-state index in [1.54, 1.807) is 10.9 Å². The summed E-state index contributed by atoms with van der Waals surface area (Å²) in [5, 5.41) is 18.9. The van der Waals surface area contributed by atoms with Crippen molar-refractivity contribution in [2.24, 2.45) is 0 Å². The van der Waals surface area contributed by atoms with Gasteiger partial charge in [0.05, 0.1) is 19.0 Å². The molecule has 2 aromatic heterocycles. The smallest absolute Gasteiger partial charge is 0.194 e. The number of anilines is 1. The number of hydrogen-bond acceptors (Lipinski definition) is 7. The molecule has 3 heterocycles. The number of halogens is 1.